The fourth-order valence-electron chi connectivity index (χ4n) is 3.25. The van der Waals surface area contributed by atoms with Gasteiger partial charge in [-0.2, -0.15) is 0 Å². The van der Waals surface area contributed by atoms with Crippen molar-refractivity contribution in [3.63, 3.8) is 0 Å². The molecule has 0 aliphatic heterocycles. The molecule has 0 amide bonds. The Morgan fingerprint density at radius 2 is 1.41 bits per heavy atom. The summed E-state index contributed by atoms with van der Waals surface area (Å²) in [4.78, 5) is 22.8. The van der Waals surface area contributed by atoms with E-state index < -0.39 is 11.9 Å². The zero-order chi connectivity index (χ0) is 20.2. The molecule has 0 aromatic carbocycles. The standard InChI is InChI=1S/C23H42O4/c1-3-5-6-7-8-9-10-11-12-13-14-15-16-17-18-21(20-22(24)25)23(26)27-19-4-2/h3,5,21H,4,6-20H2,1-2H3,(H,24,25)/b5-3+. The highest BCUT2D eigenvalue weighted by molar-refractivity contribution is 5.79. The number of rotatable bonds is 19. The summed E-state index contributed by atoms with van der Waals surface area (Å²) in [6.45, 7) is 4.39. The van der Waals surface area contributed by atoms with Gasteiger partial charge in [0.25, 0.3) is 0 Å². The molecule has 0 fully saturated rings. The third kappa shape index (κ3) is 17.8. The minimum atomic E-state index is -0.921. The molecule has 0 aromatic rings. The molecule has 4 heteroatoms. The van der Waals surface area contributed by atoms with E-state index in [4.69, 9.17) is 9.84 Å². The minimum absolute atomic E-state index is 0.114. The van der Waals surface area contributed by atoms with Crippen molar-refractivity contribution in [3.05, 3.63) is 12.2 Å². The number of carboxylic acid groups (broad SMARTS) is 1. The monoisotopic (exact) mass is 382 g/mol. The van der Waals surface area contributed by atoms with E-state index >= 15 is 0 Å². The lowest BCUT2D eigenvalue weighted by Gasteiger charge is -2.13. The van der Waals surface area contributed by atoms with E-state index in [0.29, 0.717) is 13.0 Å². The first-order valence-electron chi connectivity index (χ1n) is 11.1. The van der Waals surface area contributed by atoms with Gasteiger partial charge in [-0.25, -0.2) is 0 Å². The lowest BCUT2D eigenvalue weighted by Crippen LogP contribution is -2.21. The van der Waals surface area contributed by atoms with Gasteiger partial charge in [-0.15, -0.1) is 0 Å². The van der Waals surface area contributed by atoms with Crippen LogP contribution in [0.1, 0.15) is 110 Å². The van der Waals surface area contributed by atoms with Crippen molar-refractivity contribution in [2.24, 2.45) is 5.92 Å². The van der Waals surface area contributed by atoms with Gasteiger partial charge in [-0.3, -0.25) is 9.59 Å². The lowest BCUT2D eigenvalue weighted by atomic mass is 9.97. The van der Waals surface area contributed by atoms with Crippen LogP contribution in [0.3, 0.4) is 0 Å². The fraction of sp³-hybridized carbons (Fsp3) is 0.826. The molecular formula is C23H42O4. The Labute approximate surface area is 166 Å². The summed E-state index contributed by atoms with van der Waals surface area (Å²) in [7, 11) is 0. The molecule has 1 atom stereocenters. The molecule has 1 unspecified atom stereocenters. The van der Waals surface area contributed by atoms with Gasteiger partial charge in [-0.05, 0) is 32.6 Å². The average Bonchev–Trinajstić information content (AvgIpc) is 2.65. The van der Waals surface area contributed by atoms with E-state index in [-0.39, 0.29) is 12.4 Å². The average molecular weight is 383 g/mol. The molecule has 0 spiro atoms. The molecule has 0 bridgehead atoms. The maximum Gasteiger partial charge on any atom is 0.309 e. The first-order chi connectivity index (χ1) is 13.1. The number of ether oxygens (including phenoxy) is 1. The van der Waals surface area contributed by atoms with Crippen LogP contribution in [0.5, 0.6) is 0 Å². The van der Waals surface area contributed by atoms with E-state index in [9.17, 15) is 9.59 Å². The Morgan fingerprint density at radius 1 is 0.889 bits per heavy atom. The number of esters is 1. The maximum atomic E-state index is 11.9. The first-order valence-corrected chi connectivity index (χ1v) is 11.1. The summed E-state index contributed by atoms with van der Waals surface area (Å²) in [6, 6.07) is 0. The molecule has 0 heterocycles. The summed E-state index contributed by atoms with van der Waals surface area (Å²) in [5, 5.41) is 8.96. The molecule has 1 N–H and O–H groups in total. The second kappa shape index (κ2) is 19.4. The van der Waals surface area contributed by atoms with E-state index in [0.717, 1.165) is 19.3 Å². The Hall–Kier alpha value is -1.32. The number of aliphatic carboxylic acids is 1. The van der Waals surface area contributed by atoms with E-state index in [1.807, 2.05) is 6.92 Å². The van der Waals surface area contributed by atoms with Crippen LogP contribution in [-0.2, 0) is 14.3 Å². The topological polar surface area (TPSA) is 63.6 Å². The summed E-state index contributed by atoms with van der Waals surface area (Å²) < 4.78 is 5.12. The normalized spacial score (nSPS) is 12.4. The number of hydrogen-bond acceptors (Lipinski definition) is 3. The van der Waals surface area contributed by atoms with Gasteiger partial charge in [0.15, 0.2) is 0 Å². The van der Waals surface area contributed by atoms with Crippen molar-refractivity contribution in [1.82, 2.24) is 0 Å². The Morgan fingerprint density at radius 3 is 1.89 bits per heavy atom. The highest BCUT2D eigenvalue weighted by atomic mass is 16.5. The van der Waals surface area contributed by atoms with Crippen LogP contribution < -0.4 is 0 Å². The SMILES string of the molecule is C/C=C/CCCCCCCCCCCCCC(CC(=O)O)C(=O)OCCC. The first kappa shape index (κ1) is 25.7. The van der Waals surface area contributed by atoms with Gasteiger partial charge in [0, 0.05) is 0 Å². The molecule has 0 saturated heterocycles. The Bertz CT molecular complexity index is 390. The summed E-state index contributed by atoms with van der Waals surface area (Å²) >= 11 is 0. The quantitative estimate of drug-likeness (QED) is 0.154. The van der Waals surface area contributed by atoms with E-state index in [1.165, 1.54) is 64.2 Å². The molecule has 27 heavy (non-hydrogen) atoms. The van der Waals surface area contributed by atoms with Crippen molar-refractivity contribution in [2.45, 2.75) is 110 Å². The van der Waals surface area contributed by atoms with Crippen LogP contribution in [0.15, 0.2) is 12.2 Å². The van der Waals surface area contributed by atoms with Gasteiger partial charge >= 0.3 is 11.9 Å². The Kier molecular flexibility index (Phi) is 18.5. The van der Waals surface area contributed by atoms with Gasteiger partial charge < -0.3 is 9.84 Å². The largest absolute Gasteiger partial charge is 0.481 e. The van der Waals surface area contributed by atoms with Crippen LogP contribution in [0.2, 0.25) is 0 Å². The summed E-state index contributed by atoms with van der Waals surface area (Å²) in [5.41, 5.74) is 0. The number of carbonyl (C=O) groups excluding carboxylic acids is 1. The predicted octanol–water partition coefficient (Wildman–Crippen LogP) is 6.68. The molecule has 0 aliphatic rings. The number of unbranched alkanes of at least 4 members (excludes halogenated alkanes) is 11. The van der Waals surface area contributed by atoms with Crippen molar-refractivity contribution >= 4 is 11.9 Å². The van der Waals surface area contributed by atoms with E-state index in [1.54, 1.807) is 0 Å². The smallest absolute Gasteiger partial charge is 0.309 e. The van der Waals surface area contributed by atoms with Gasteiger partial charge in [0.2, 0.25) is 0 Å². The molecule has 4 nitrogen and oxygen atoms in total. The van der Waals surface area contributed by atoms with Crippen LogP contribution in [0.4, 0.5) is 0 Å². The highest BCUT2D eigenvalue weighted by Crippen LogP contribution is 2.18. The summed E-state index contributed by atoms with van der Waals surface area (Å²) in [6.07, 6.45) is 20.6. The highest BCUT2D eigenvalue weighted by Gasteiger charge is 2.22. The summed E-state index contributed by atoms with van der Waals surface area (Å²) in [5.74, 6) is -1.75. The van der Waals surface area contributed by atoms with Crippen molar-refractivity contribution < 1.29 is 19.4 Å². The molecule has 158 valence electrons. The zero-order valence-corrected chi connectivity index (χ0v) is 17.7. The van der Waals surface area contributed by atoms with Crippen LogP contribution >= 0.6 is 0 Å². The van der Waals surface area contributed by atoms with E-state index in [2.05, 4.69) is 19.1 Å². The molecule has 0 aromatic heterocycles. The molecular weight excluding hydrogens is 340 g/mol. The predicted molar refractivity (Wildman–Crippen MR) is 112 cm³/mol. The van der Waals surface area contributed by atoms with Crippen LogP contribution in [0.25, 0.3) is 0 Å². The third-order valence-electron chi connectivity index (χ3n) is 4.86. The van der Waals surface area contributed by atoms with Gasteiger partial charge in [-0.1, -0.05) is 83.3 Å². The molecule has 0 rings (SSSR count). The molecule has 0 aliphatic carbocycles. The maximum absolute atomic E-state index is 11.9. The van der Waals surface area contributed by atoms with Gasteiger partial charge in [0.05, 0.1) is 18.9 Å². The number of carbonyl (C=O) groups is 2. The molecule has 0 saturated carbocycles. The van der Waals surface area contributed by atoms with Crippen molar-refractivity contribution in [2.75, 3.05) is 6.61 Å². The fourth-order valence-corrected chi connectivity index (χ4v) is 3.25. The lowest BCUT2D eigenvalue weighted by molar-refractivity contribution is -0.153. The van der Waals surface area contributed by atoms with Gasteiger partial charge in [0.1, 0.15) is 0 Å². The number of allylic oxidation sites excluding steroid dienone is 2. The number of hydrogen-bond donors (Lipinski definition) is 1. The van der Waals surface area contributed by atoms with Crippen molar-refractivity contribution in [1.29, 1.82) is 0 Å². The van der Waals surface area contributed by atoms with Crippen molar-refractivity contribution in [3.8, 4) is 0 Å². The molecule has 0 radical (unpaired) electrons. The minimum Gasteiger partial charge on any atom is -0.481 e. The third-order valence-corrected chi connectivity index (χ3v) is 4.86. The second-order valence-corrected chi connectivity index (χ2v) is 7.50. The van der Waals surface area contributed by atoms with Crippen LogP contribution in [-0.4, -0.2) is 23.7 Å². The van der Waals surface area contributed by atoms with Crippen LogP contribution in [0, 0.1) is 5.92 Å². The second-order valence-electron chi connectivity index (χ2n) is 7.50. The Balaban J connectivity index is 3.56. The zero-order valence-electron chi connectivity index (χ0n) is 17.7. The number of carboxylic acids is 1.